The van der Waals surface area contributed by atoms with E-state index in [0.717, 1.165) is 23.3 Å². The molecule has 0 amide bonds. The van der Waals surface area contributed by atoms with Crippen molar-refractivity contribution < 1.29 is 4.74 Å². The zero-order valence-electron chi connectivity index (χ0n) is 13.0. The number of rotatable bonds is 4. The molecule has 3 nitrogen and oxygen atoms in total. The molecule has 2 saturated carbocycles. The normalized spacial score (nSPS) is 27.4. The molecule has 2 aliphatic rings. The molecular formula is C17H25BrN2O. The topological polar surface area (TPSA) is 34.1 Å². The lowest BCUT2D eigenvalue weighted by molar-refractivity contribution is -0.134. The van der Waals surface area contributed by atoms with E-state index in [2.05, 4.69) is 46.1 Å². The molecule has 0 saturated heterocycles. The van der Waals surface area contributed by atoms with Crippen LogP contribution in [0.25, 0.3) is 0 Å². The number of aryl methyl sites for hydroxylation is 1. The van der Waals surface area contributed by atoms with Crippen LogP contribution in [0.2, 0.25) is 0 Å². The minimum atomic E-state index is 0.355. The molecule has 0 aromatic carbocycles. The highest BCUT2D eigenvalue weighted by Gasteiger charge is 2.55. The SMILES string of the molecule is CCOC1CC(Nc2ccc(Br)nc2C)C12CCCCC2. The summed E-state index contributed by atoms with van der Waals surface area (Å²) < 4.78 is 6.93. The van der Waals surface area contributed by atoms with Crippen molar-refractivity contribution in [3.8, 4) is 0 Å². The Hall–Kier alpha value is -0.610. The molecular weight excluding hydrogens is 328 g/mol. The highest BCUT2D eigenvalue weighted by Crippen LogP contribution is 2.54. The van der Waals surface area contributed by atoms with Gasteiger partial charge in [-0.15, -0.1) is 0 Å². The van der Waals surface area contributed by atoms with Gasteiger partial charge in [0.2, 0.25) is 0 Å². The summed E-state index contributed by atoms with van der Waals surface area (Å²) >= 11 is 3.43. The second-order valence-electron chi connectivity index (χ2n) is 6.44. The van der Waals surface area contributed by atoms with Crippen LogP contribution in [0, 0.1) is 12.3 Å². The molecule has 1 aromatic heterocycles. The van der Waals surface area contributed by atoms with E-state index in [1.165, 1.54) is 37.8 Å². The van der Waals surface area contributed by atoms with Crippen LogP contribution in [0.4, 0.5) is 5.69 Å². The van der Waals surface area contributed by atoms with Crippen LogP contribution in [0.15, 0.2) is 16.7 Å². The Bertz CT molecular complexity index is 500. The minimum absolute atomic E-state index is 0.355. The molecule has 1 aromatic rings. The molecule has 0 radical (unpaired) electrons. The average Bonchev–Trinajstić information content (AvgIpc) is 2.49. The Labute approximate surface area is 136 Å². The highest BCUT2D eigenvalue weighted by molar-refractivity contribution is 9.10. The van der Waals surface area contributed by atoms with E-state index in [0.29, 0.717) is 17.6 Å². The Morgan fingerprint density at radius 1 is 1.33 bits per heavy atom. The summed E-state index contributed by atoms with van der Waals surface area (Å²) in [6.07, 6.45) is 8.26. The average molecular weight is 353 g/mol. The first-order valence-corrected chi connectivity index (χ1v) is 8.96. The zero-order valence-corrected chi connectivity index (χ0v) is 14.6. The summed E-state index contributed by atoms with van der Waals surface area (Å²) in [5.41, 5.74) is 2.59. The lowest BCUT2D eigenvalue weighted by Gasteiger charge is -2.58. The fourth-order valence-corrected chi connectivity index (χ4v) is 4.53. The maximum Gasteiger partial charge on any atom is 0.106 e. The third-order valence-corrected chi connectivity index (χ3v) is 5.76. The first kappa shape index (κ1) is 15.3. The van der Waals surface area contributed by atoms with Crippen LogP contribution in [0.5, 0.6) is 0 Å². The van der Waals surface area contributed by atoms with E-state index in [1.807, 2.05) is 6.07 Å². The van der Waals surface area contributed by atoms with Gasteiger partial charge in [0, 0.05) is 18.1 Å². The molecule has 2 unspecified atom stereocenters. The predicted molar refractivity (Wildman–Crippen MR) is 89.6 cm³/mol. The molecule has 1 spiro atoms. The standard InChI is InChI=1S/C17H25BrN2O/c1-3-21-15-11-14(17(15)9-5-4-6-10-17)20-13-7-8-16(18)19-12(13)2/h7-8,14-15,20H,3-6,9-11H2,1-2H3. The smallest absolute Gasteiger partial charge is 0.106 e. The highest BCUT2D eigenvalue weighted by atomic mass is 79.9. The van der Waals surface area contributed by atoms with Gasteiger partial charge in [-0.05, 0) is 61.2 Å². The first-order valence-electron chi connectivity index (χ1n) is 8.17. The van der Waals surface area contributed by atoms with Crippen LogP contribution in [-0.4, -0.2) is 23.7 Å². The van der Waals surface area contributed by atoms with Gasteiger partial charge in [-0.3, -0.25) is 0 Å². The number of hydrogen-bond donors (Lipinski definition) is 1. The largest absolute Gasteiger partial charge is 0.380 e. The molecule has 1 N–H and O–H groups in total. The second kappa shape index (κ2) is 6.25. The lowest BCUT2D eigenvalue weighted by atomic mass is 9.55. The lowest BCUT2D eigenvalue weighted by Crippen LogP contribution is -2.62. The fourth-order valence-electron chi connectivity index (χ4n) is 4.14. The Morgan fingerprint density at radius 3 is 2.76 bits per heavy atom. The molecule has 2 fully saturated rings. The van der Waals surface area contributed by atoms with Crippen molar-refractivity contribution in [3.05, 3.63) is 22.4 Å². The Balaban J connectivity index is 1.75. The molecule has 21 heavy (non-hydrogen) atoms. The van der Waals surface area contributed by atoms with Crippen molar-refractivity contribution in [2.45, 2.75) is 64.5 Å². The summed E-state index contributed by atoms with van der Waals surface area (Å²) in [7, 11) is 0. The number of halogens is 1. The number of anilines is 1. The molecule has 2 atom stereocenters. The van der Waals surface area contributed by atoms with Gasteiger partial charge in [-0.1, -0.05) is 19.3 Å². The van der Waals surface area contributed by atoms with Crippen LogP contribution in [-0.2, 0) is 4.74 Å². The summed E-state index contributed by atoms with van der Waals surface area (Å²) in [6.45, 7) is 5.01. The summed E-state index contributed by atoms with van der Waals surface area (Å²) in [5.74, 6) is 0. The fraction of sp³-hybridized carbons (Fsp3) is 0.706. The number of pyridine rings is 1. The minimum Gasteiger partial charge on any atom is -0.380 e. The van der Waals surface area contributed by atoms with E-state index in [1.54, 1.807) is 0 Å². The molecule has 0 aliphatic heterocycles. The third kappa shape index (κ3) is 2.85. The molecule has 2 aliphatic carbocycles. The van der Waals surface area contributed by atoms with E-state index >= 15 is 0 Å². The van der Waals surface area contributed by atoms with Gasteiger partial charge in [-0.25, -0.2) is 4.98 Å². The van der Waals surface area contributed by atoms with Crippen LogP contribution >= 0.6 is 15.9 Å². The first-order chi connectivity index (χ1) is 10.2. The van der Waals surface area contributed by atoms with Gasteiger partial charge in [0.15, 0.2) is 0 Å². The summed E-state index contributed by atoms with van der Waals surface area (Å²) in [6, 6.07) is 4.69. The van der Waals surface area contributed by atoms with Crippen LogP contribution in [0.1, 0.15) is 51.1 Å². The monoisotopic (exact) mass is 352 g/mol. The maximum absolute atomic E-state index is 6.03. The van der Waals surface area contributed by atoms with Crippen molar-refractivity contribution in [2.24, 2.45) is 5.41 Å². The van der Waals surface area contributed by atoms with E-state index in [-0.39, 0.29) is 0 Å². The molecule has 116 valence electrons. The van der Waals surface area contributed by atoms with Crippen molar-refractivity contribution in [2.75, 3.05) is 11.9 Å². The summed E-state index contributed by atoms with van der Waals surface area (Å²) in [4.78, 5) is 4.50. The zero-order chi connectivity index (χ0) is 14.9. The Morgan fingerprint density at radius 2 is 2.10 bits per heavy atom. The van der Waals surface area contributed by atoms with Crippen LogP contribution in [0.3, 0.4) is 0 Å². The van der Waals surface area contributed by atoms with Crippen molar-refractivity contribution in [3.63, 3.8) is 0 Å². The molecule has 4 heteroatoms. The van der Waals surface area contributed by atoms with Crippen LogP contribution < -0.4 is 5.32 Å². The third-order valence-electron chi connectivity index (χ3n) is 5.32. The molecule has 1 heterocycles. The van der Waals surface area contributed by atoms with Gasteiger partial charge in [-0.2, -0.15) is 0 Å². The van der Waals surface area contributed by atoms with Gasteiger partial charge >= 0.3 is 0 Å². The maximum atomic E-state index is 6.03. The van der Waals surface area contributed by atoms with Crippen molar-refractivity contribution in [1.29, 1.82) is 0 Å². The molecule has 3 rings (SSSR count). The van der Waals surface area contributed by atoms with Gasteiger partial charge in [0.1, 0.15) is 4.60 Å². The van der Waals surface area contributed by atoms with Crippen molar-refractivity contribution in [1.82, 2.24) is 4.98 Å². The summed E-state index contributed by atoms with van der Waals surface area (Å²) in [5, 5.41) is 3.76. The molecule has 0 bridgehead atoms. The number of nitrogens with one attached hydrogen (secondary N) is 1. The van der Waals surface area contributed by atoms with Gasteiger partial charge < -0.3 is 10.1 Å². The number of ether oxygens (including phenoxy) is 1. The van der Waals surface area contributed by atoms with E-state index in [9.17, 15) is 0 Å². The van der Waals surface area contributed by atoms with E-state index in [4.69, 9.17) is 4.74 Å². The number of aromatic nitrogens is 1. The number of nitrogens with zero attached hydrogens (tertiary/aromatic N) is 1. The van der Waals surface area contributed by atoms with Gasteiger partial charge in [0.25, 0.3) is 0 Å². The Kier molecular flexibility index (Phi) is 4.55. The number of hydrogen-bond acceptors (Lipinski definition) is 3. The second-order valence-corrected chi connectivity index (χ2v) is 7.25. The predicted octanol–water partition coefficient (Wildman–Crippen LogP) is 4.69. The van der Waals surface area contributed by atoms with Gasteiger partial charge in [0.05, 0.1) is 17.5 Å². The van der Waals surface area contributed by atoms with E-state index < -0.39 is 0 Å². The quantitative estimate of drug-likeness (QED) is 0.798. The van der Waals surface area contributed by atoms with Crippen molar-refractivity contribution >= 4 is 21.6 Å².